The maximum absolute atomic E-state index is 12.4. The minimum Gasteiger partial charge on any atom is -0.494 e. The molecule has 7 heteroatoms. The van der Waals surface area contributed by atoms with Crippen LogP contribution in [0.5, 0.6) is 5.75 Å². The lowest BCUT2D eigenvalue weighted by atomic mass is 10.1. The van der Waals surface area contributed by atoms with Crippen molar-refractivity contribution in [2.24, 2.45) is 0 Å². The number of benzene rings is 2. The molecule has 7 nitrogen and oxygen atoms in total. The SMILES string of the molecule is CCOc1ccc(-c2cc(=O)n(CCNC(=O)c3ccc(C#N)cc3)cn2)cc1. The normalized spacial score (nSPS) is 10.2. The van der Waals surface area contributed by atoms with E-state index in [0.717, 1.165) is 11.3 Å². The lowest BCUT2D eigenvalue weighted by Crippen LogP contribution is -2.30. The van der Waals surface area contributed by atoms with E-state index < -0.39 is 0 Å². The van der Waals surface area contributed by atoms with Gasteiger partial charge in [-0.25, -0.2) is 4.98 Å². The fourth-order valence-electron chi connectivity index (χ4n) is 2.73. The predicted molar refractivity (Wildman–Crippen MR) is 109 cm³/mol. The molecular weight excluding hydrogens is 368 g/mol. The third-order valence-electron chi connectivity index (χ3n) is 4.26. The van der Waals surface area contributed by atoms with Crippen molar-refractivity contribution in [3.05, 3.63) is 82.4 Å². The van der Waals surface area contributed by atoms with E-state index in [2.05, 4.69) is 10.3 Å². The third kappa shape index (κ3) is 5.08. The molecule has 0 fully saturated rings. The first-order valence-electron chi connectivity index (χ1n) is 9.19. The van der Waals surface area contributed by atoms with Crippen LogP contribution >= 0.6 is 0 Å². The van der Waals surface area contributed by atoms with E-state index >= 15 is 0 Å². The van der Waals surface area contributed by atoms with E-state index in [1.54, 1.807) is 24.3 Å². The highest BCUT2D eigenvalue weighted by Gasteiger charge is 2.07. The monoisotopic (exact) mass is 388 g/mol. The average molecular weight is 388 g/mol. The lowest BCUT2D eigenvalue weighted by Gasteiger charge is -2.09. The Kier molecular flexibility index (Phi) is 6.38. The van der Waals surface area contributed by atoms with E-state index in [1.807, 2.05) is 37.3 Å². The van der Waals surface area contributed by atoms with Gasteiger partial charge < -0.3 is 10.1 Å². The number of aromatic nitrogens is 2. The Labute approximate surface area is 168 Å². The summed E-state index contributed by atoms with van der Waals surface area (Å²) in [6, 6.07) is 17.2. The number of ether oxygens (including phenoxy) is 1. The molecule has 3 aromatic rings. The first kappa shape index (κ1) is 19.8. The van der Waals surface area contributed by atoms with Gasteiger partial charge in [-0.1, -0.05) is 0 Å². The van der Waals surface area contributed by atoms with Gasteiger partial charge in [0.2, 0.25) is 0 Å². The standard InChI is InChI=1S/C22H20N4O3/c1-2-29-19-9-7-17(8-10-19)20-13-21(27)26(15-25-20)12-11-24-22(28)18-5-3-16(14-23)4-6-18/h3-10,13,15H,2,11-12H2,1H3,(H,24,28). The predicted octanol–water partition coefficient (Wildman–Crippen LogP) is 2.61. The number of nitrogens with one attached hydrogen (secondary N) is 1. The fraction of sp³-hybridized carbons (Fsp3) is 0.182. The second-order valence-corrected chi connectivity index (χ2v) is 6.21. The van der Waals surface area contributed by atoms with Gasteiger partial charge in [0, 0.05) is 30.3 Å². The van der Waals surface area contributed by atoms with Gasteiger partial charge in [0.1, 0.15) is 5.75 Å². The summed E-state index contributed by atoms with van der Waals surface area (Å²) in [5.74, 6) is 0.504. The minimum absolute atomic E-state index is 0.198. The number of amides is 1. The van der Waals surface area contributed by atoms with E-state index in [-0.39, 0.29) is 18.0 Å². The minimum atomic E-state index is -0.262. The second kappa shape index (κ2) is 9.33. The van der Waals surface area contributed by atoms with E-state index in [0.29, 0.717) is 30.0 Å². The van der Waals surface area contributed by atoms with Crippen molar-refractivity contribution in [2.45, 2.75) is 13.5 Å². The number of carbonyl (C=O) groups is 1. The molecule has 0 bridgehead atoms. The van der Waals surface area contributed by atoms with Gasteiger partial charge >= 0.3 is 0 Å². The van der Waals surface area contributed by atoms with Crippen LogP contribution < -0.4 is 15.6 Å². The van der Waals surface area contributed by atoms with Gasteiger partial charge in [-0.15, -0.1) is 0 Å². The third-order valence-corrected chi connectivity index (χ3v) is 4.26. The summed E-state index contributed by atoms with van der Waals surface area (Å²) in [5.41, 5.74) is 2.16. The molecule has 0 aliphatic rings. The zero-order chi connectivity index (χ0) is 20.6. The Balaban J connectivity index is 1.59. The van der Waals surface area contributed by atoms with Gasteiger partial charge in [-0.3, -0.25) is 14.2 Å². The number of nitrogens with zero attached hydrogens (tertiary/aromatic N) is 3. The molecule has 146 valence electrons. The van der Waals surface area contributed by atoms with Crippen LogP contribution in [0.15, 0.2) is 65.7 Å². The molecule has 0 saturated carbocycles. The highest BCUT2D eigenvalue weighted by Crippen LogP contribution is 2.19. The van der Waals surface area contributed by atoms with Crippen molar-refractivity contribution in [3.63, 3.8) is 0 Å². The van der Waals surface area contributed by atoms with Gasteiger partial charge in [-0.05, 0) is 55.5 Å². The summed E-state index contributed by atoms with van der Waals surface area (Å²) >= 11 is 0. The molecule has 1 heterocycles. The van der Waals surface area contributed by atoms with Crippen LogP contribution in [0.4, 0.5) is 0 Å². The lowest BCUT2D eigenvalue weighted by molar-refractivity contribution is 0.0952. The molecule has 1 N–H and O–H groups in total. The van der Waals surface area contributed by atoms with Gasteiger partial charge in [0.15, 0.2) is 0 Å². The molecule has 0 unspecified atom stereocenters. The molecule has 2 aromatic carbocycles. The Morgan fingerprint density at radius 1 is 1.17 bits per heavy atom. The summed E-state index contributed by atoms with van der Waals surface area (Å²) in [7, 11) is 0. The number of carbonyl (C=O) groups excluding carboxylic acids is 1. The molecule has 0 saturated heterocycles. The van der Waals surface area contributed by atoms with Crippen molar-refractivity contribution in [1.29, 1.82) is 5.26 Å². The molecule has 0 aliphatic carbocycles. The Hall–Kier alpha value is -3.92. The molecule has 1 aromatic heterocycles. The maximum atomic E-state index is 12.4. The molecule has 0 spiro atoms. The molecule has 1 amide bonds. The first-order chi connectivity index (χ1) is 14.1. The topological polar surface area (TPSA) is 97.0 Å². The molecular formula is C22H20N4O3. The van der Waals surface area contributed by atoms with Crippen LogP contribution in [0.3, 0.4) is 0 Å². The van der Waals surface area contributed by atoms with Crippen LogP contribution in [0.1, 0.15) is 22.8 Å². The van der Waals surface area contributed by atoms with Gasteiger partial charge in [0.05, 0.1) is 30.3 Å². The van der Waals surface area contributed by atoms with Crippen LogP contribution in [-0.2, 0) is 6.54 Å². The smallest absolute Gasteiger partial charge is 0.253 e. The van der Waals surface area contributed by atoms with Gasteiger partial charge in [0.25, 0.3) is 11.5 Å². The second-order valence-electron chi connectivity index (χ2n) is 6.21. The van der Waals surface area contributed by atoms with Crippen LogP contribution in [0.2, 0.25) is 0 Å². The fourth-order valence-corrected chi connectivity index (χ4v) is 2.73. The van der Waals surface area contributed by atoms with Crippen LogP contribution in [-0.4, -0.2) is 28.6 Å². The van der Waals surface area contributed by atoms with Crippen molar-refractivity contribution in [2.75, 3.05) is 13.2 Å². The van der Waals surface area contributed by atoms with Crippen molar-refractivity contribution in [1.82, 2.24) is 14.9 Å². The summed E-state index contributed by atoms with van der Waals surface area (Å²) in [6.07, 6.45) is 1.47. The van der Waals surface area contributed by atoms with E-state index in [9.17, 15) is 9.59 Å². The molecule has 0 radical (unpaired) electrons. The van der Waals surface area contributed by atoms with Crippen LogP contribution in [0, 0.1) is 11.3 Å². The molecule has 29 heavy (non-hydrogen) atoms. The van der Waals surface area contributed by atoms with Crippen molar-refractivity contribution < 1.29 is 9.53 Å². The quantitative estimate of drug-likeness (QED) is 0.671. The summed E-state index contributed by atoms with van der Waals surface area (Å²) in [5, 5.41) is 11.5. The van der Waals surface area contributed by atoms with E-state index in [4.69, 9.17) is 10.00 Å². The summed E-state index contributed by atoms with van der Waals surface area (Å²) < 4.78 is 6.85. The number of rotatable bonds is 7. The van der Waals surface area contributed by atoms with Crippen LogP contribution in [0.25, 0.3) is 11.3 Å². The van der Waals surface area contributed by atoms with Crippen molar-refractivity contribution >= 4 is 5.91 Å². The first-order valence-corrected chi connectivity index (χ1v) is 9.19. The largest absolute Gasteiger partial charge is 0.494 e. The molecule has 3 rings (SSSR count). The zero-order valence-corrected chi connectivity index (χ0v) is 16.0. The molecule has 0 atom stereocenters. The Morgan fingerprint density at radius 3 is 2.52 bits per heavy atom. The maximum Gasteiger partial charge on any atom is 0.253 e. The number of hydrogen-bond acceptors (Lipinski definition) is 5. The zero-order valence-electron chi connectivity index (χ0n) is 16.0. The summed E-state index contributed by atoms with van der Waals surface area (Å²) in [4.78, 5) is 28.8. The highest BCUT2D eigenvalue weighted by atomic mass is 16.5. The highest BCUT2D eigenvalue weighted by molar-refractivity contribution is 5.94. The molecule has 0 aliphatic heterocycles. The Bertz CT molecular complexity index is 1080. The summed E-state index contributed by atoms with van der Waals surface area (Å²) in [6.45, 7) is 3.09. The number of hydrogen-bond donors (Lipinski definition) is 1. The van der Waals surface area contributed by atoms with Gasteiger partial charge in [-0.2, -0.15) is 5.26 Å². The average Bonchev–Trinajstić information content (AvgIpc) is 2.75. The van der Waals surface area contributed by atoms with E-state index in [1.165, 1.54) is 17.0 Å². The Morgan fingerprint density at radius 2 is 1.90 bits per heavy atom. The number of nitriles is 1. The van der Waals surface area contributed by atoms with Crippen molar-refractivity contribution in [3.8, 4) is 23.1 Å².